The lowest BCUT2D eigenvalue weighted by atomic mass is 10.1. The summed E-state index contributed by atoms with van der Waals surface area (Å²) in [6, 6.07) is 13.1. The number of carbonyl (C=O) groups excluding carboxylic acids is 1. The van der Waals surface area contributed by atoms with Crippen LogP contribution in [0.15, 0.2) is 59.0 Å². The third-order valence-corrected chi connectivity index (χ3v) is 7.04. The van der Waals surface area contributed by atoms with Crippen molar-refractivity contribution in [1.29, 1.82) is 0 Å². The number of piperazine rings is 1. The number of methoxy groups -OCH3 is 1. The van der Waals surface area contributed by atoms with Gasteiger partial charge in [-0.1, -0.05) is 18.2 Å². The third kappa shape index (κ3) is 5.07. The van der Waals surface area contributed by atoms with Crippen molar-refractivity contribution in [3.63, 3.8) is 0 Å². The molecule has 0 bridgehead atoms. The number of para-hydroxylation sites is 1. The molecule has 12 heteroatoms. The summed E-state index contributed by atoms with van der Waals surface area (Å²) in [7, 11) is 1.52. The van der Waals surface area contributed by atoms with Crippen molar-refractivity contribution in [2.75, 3.05) is 43.5 Å². The molecule has 4 aromatic rings. The second-order valence-corrected chi connectivity index (χ2v) is 9.29. The number of amides is 1. The number of ether oxygens (including phenoxy) is 1. The van der Waals surface area contributed by atoms with Crippen LogP contribution in [-0.4, -0.2) is 55.1 Å². The Labute approximate surface area is 220 Å². The highest BCUT2D eigenvalue weighted by atomic mass is 19.4. The van der Waals surface area contributed by atoms with Crippen LogP contribution < -0.4 is 15.0 Å². The van der Waals surface area contributed by atoms with E-state index in [1.165, 1.54) is 7.11 Å². The maximum atomic E-state index is 13.2. The molecular weight excluding hydrogens is 517 g/mol. The zero-order chi connectivity index (χ0) is 27.9. The summed E-state index contributed by atoms with van der Waals surface area (Å²) in [5.41, 5.74) is 0.230. The summed E-state index contributed by atoms with van der Waals surface area (Å²) in [6.45, 7) is 3.12. The van der Waals surface area contributed by atoms with E-state index in [1.807, 2.05) is 35.2 Å². The number of fused-ring (bicyclic) bond motifs is 3. The molecule has 0 spiro atoms. The van der Waals surface area contributed by atoms with Crippen LogP contribution in [0.25, 0.3) is 21.9 Å². The Bertz CT molecular complexity index is 1560. The lowest BCUT2D eigenvalue weighted by Crippen LogP contribution is -2.53. The Morgan fingerprint density at radius 1 is 1.05 bits per heavy atom. The highest BCUT2D eigenvalue weighted by Crippen LogP contribution is 2.38. The normalized spacial score (nSPS) is 15.5. The maximum absolute atomic E-state index is 13.2. The largest absolute Gasteiger partial charge is 0.495 e. The minimum Gasteiger partial charge on any atom is -0.495 e. The number of benzene rings is 3. The van der Waals surface area contributed by atoms with Gasteiger partial charge in [0.15, 0.2) is 0 Å². The van der Waals surface area contributed by atoms with Crippen LogP contribution in [0.1, 0.15) is 12.5 Å². The van der Waals surface area contributed by atoms with Gasteiger partial charge in [0, 0.05) is 49.1 Å². The maximum Gasteiger partial charge on any atom is 0.416 e. The number of nitro benzene ring substituents is 1. The van der Waals surface area contributed by atoms with Crippen molar-refractivity contribution in [2.45, 2.75) is 19.1 Å². The average molecular weight is 543 g/mol. The smallest absolute Gasteiger partial charge is 0.416 e. The molecule has 9 nitrogen and oxygen atoms in total. The Morgan fingerprint density at radius 2 is 1.77 bits per heavy atom. The summed E-state index contributed by atoms with van der Waals surface area (Å²) >= 11 is 0. The average Bonchev–Trinajstić information content (AvgIpc) is 3.28. The number of rotatable bonds is 6. The van der Waals surface area contributed by atoms with Gasteiger partial charge >= 0.3 is 6.18 Å². The molecule has 1 amide bonds. The van der Waals surface area contributed by atoms with Crippen LogP contribution in [0.2, 0.25) is 0 Å². The summed E-state index contributed by atoms with van der Waals surface area (Å²) in [4.78, 5) is 27.4. The van der Waals surface area contributed by atoms with E-state index < -0.39 is 28.4 Å². The summed E-state index contributed by atoms with van der Waals surface area (Å²) in [6.07, 6.45) is -4.68. The SMILES string of the molecule is COc1cc2c(cc1NC(=O)C(C)N1CCN(c3ccc(C(F)(F)F)cc3[N+](=O)[O-])CC1)oc1ccccc12. The van der Waals surface area contributed by atoms with Crippen LogP contribution in [0, 0.1) is 10.1 Å². The van der Waals surface area contributed by atoms with Gasteiger partial charge in [0.1, 0.15) is 22.6 Å². The van der Waals surface area contributed by atoms with Crippen molar-refractivity contribution in [3.05, 3.63) is 70.3 Å². The monoisotopic (exact) mass is 542 g/mol. The van der Waals surface area contributed by atoms with Gasteiger partial charge in [-0.2, -0.15) is 13.2 Å². The summed E-state index contributed by atoms with van der Waals surface area (Å²) in [5, 5.41) is 16.2. The van der Waals surface area contributed by atoms with Gasteiger partial charge in [-0.25, -0.2) is 0 Å². The lowest BCUT2D eigenvalue weighted by molar-refractivity contribution is -0.384. The summed E-state index contributed by atoms with van der Waals surface area (Å²) < 4.78 is 50.6. The first-order chi connectivity index (χ1) is 18.6. The molecule has 204 valence electrons. The molecule has 1 N–H and O–H groups in total. The molecule has 0 aliphatic carbocycles. The number of furan rings is 1. The zero-order valence-electron chi connectivity index (χ0n) is 21.1. The number of nitro groups is 1. The number of halogens is 3. The van der Waals surface area contributed by atoms with E-state index in [9.17, 15) is 28.1 Å². The number of anilines is 2. The molecule has 1 unspecified atom stereocenters. The fraction of sp³-hybridized carbons (Fsp3) is 0.296. The van der Waals surface area contributed by atoms with Gasteiger partial charge in [-0.3, -0.25) is 19.8 Å². The van der Waals surface area contributed by atoms with Crippen LogP contribution in [0.4, 0.5) is 30.2 Å². The van der Waals surface area contributed by atoms with Crippen molar-refractivity contribution in [1.82, 2.24) is 4.90 Å². The highest BCUT2D eigenvalue weighted by molar-refractivity contribution is 6.08. The van der Waals surface area contributed by atoms with Crippen LogP contribution in [0.3, 0.4) is 0 Å². The van der Waals surface area contributed by atoms with Crippen molar-refractivity contribution < 1.29 is 32.0 Å². The number of hydrogen-bond acceptors (Lipinski definition) is 7. The Hall–Kier alpha value is -4.32. The molecule has 1 aliphatic rings. The molecule has 1 aromatic heterocycles. The second-order valence-electron chi connectivity index (χ2n) is 9.29. The molecule has 2 heterocycles. The third-order valence-electron chi connectivity index (χ3n) is 7.04. The zero-order valence-corrected chi connectivity index (χ0v) is 21.1. The number of nitrogens with one attached hydrogen (secondary N) is 1. The predicted octanol–water partition coefficient (Wildman–Crippen LogP) is 5.67. The van der Waals surface area contributed by atoms with Gasteiger partial charge < -0.3 is 19.4 Å². The fourth-order valence-electron chi connectivity index (χ4n) is 4.88. The van der Waals surface area contributed by atoms with E-state index in [1.54, 1.807) is 17.9 Å². The molecule has 1 saturated heterocycles. The van der Waals surface area contributed by atoms with Gasteiger partial charge in [0.25, 0.3) is 5.69 Å². The molecule has 3 aromatic carbocycles. The fourth-order valence-corrected chi connectivity index (χ4v) is 4.88. The quantitative estimate of drug-likeness (QED) is 0.247. The van der Waals surface area contributed by atoms with Gasteiger partial charge in [-0.05, 0) is 31.2 Å². The highest BCUT2D eigenvalue weighted by Gasteiger charge is 2.35. The van der Waals surface area contributed by atoms with Crippen LogP contribution in [-0.2, 0) is 11.0 Å². The second kappa shape index (κ2) is 10.1. The molecule has 1 aliphatic heterocycles. The van der Waals surface area contributed by atoms with Gasteiger partial charge in [-0.15, -0.1) is 0 Å². The first-order valence-electron chi connectivity index (χ1n) is 12.2. The van der Waals surface area contributed by atoms with E-state index in [0.29, 0.717) is 49.3 Å². The molecule has 0 radical (unpaired) electrons. The van der Waals surface area contributed by atoms with Crippen LogP contribution in [0.5, 0.6) is 5.75 Å². The number of alkyl halides is 3. The van der Waals surface area contributed by atoms with E-state index >= 15 is 0 Å². The Morgan fingerprint density at radius 3 is 2.44 bits per heavy atom. The van der Waals surface area contributed by atoms with Crippen molar-refractivity contribution >= 4 is 44.9 Å². The van der Waals surface area contributed by atoms with E-state index in [2.05, 4.69) is 5.32 Å². The Balaban J connectivity index is 1.29. The number of hydrogen-bond donors (Lipinski definition) is 1. The van der Waals surface area contributed by atoms with E-state index in [0.717, 1.165) is 28.5 Å². The Kier molecular flexibility index (Phi) is 6.81. The number of carbonyl (C=O) groups is 1. The topological polar surface area (TPSA) is 101 Å². The summed E-state index contributed by atoms with van der Waals surface area (Å²) in [5.74, 6) is 0.201. The van der Waals surface area contributed by atoms with Crippen molar-refractivity contribution in [2.24, 2.45) is 0 Å². The standard InChI is InChI=1S/C27H25F3N4O5/c1-16(26(35)31-20-15-24-19(14-25(20)38-2)18-5-3-4-6-23(18)39-24)32-9-11-33(12-10-32)21-8-7-17(27(28,29)30)13-22(21)34(36)37/h3-8,13-16H,9-12H2,1-2H3,(H,31,35). The van der Waals surface area contributed by atoms with Crippen molar-refractivity contribution in [3.8, 4) is 5.75 Å². The minimum absolute atomic E-state index is 0.119. The van der Waals surface area contributed by atoms with Gasteiger partial charge in [0.05, 0.1) is 29.3 Å². The van der Waals surface area contributed by atoms with E-state index in [4.69, 9.17) is 9.15 Å². The minimum atomic E-state index is -4.68. The first-order valence-corrected chi connectivity index (χ1v) is 12.2. The van der Waals surface area contributed by atoms with Crippen LogP contribution >= 0.6 is 0 Å². The lowest BCUT2D eigenvalue weighted by Gasteiger charge is -2.38. The molecule has 1 atom stereocenters. The molecule has 5 rings (SSSR count). The van der Waals surface area contributed by atoms with E-state index in [-0.39, 0.29) is 11.6 Å². The molecular formula is C27H25F3N4O5. The molecule has 0 saturated carbocycles. The first kappa shape index (κ1) is 26.3. The number of nitrogens with zero attached hydrogens (tertiary/aromatic N) is 3. The molecule has 39 heavy (non-hydrogen) atoms. The predicted molar refractivity (Wildman–Crippen MR) is 140 cm³/mol. The molecule has 1 fully saturated rings. The van der Waals surface area contributed by atoms with Gasteiger partial charge in [0.2, 0.25) is 5.91 Å².